The fourth-order valence-electron chi connectivity index (χ4n) is 1.64. The lowest BCUT2D eigenvalue weighted by atomic mass is 10.1. The summed E-state index contributed by atoms with van der Waals surface area (Å²) in [5.74, 6) is 0.805. The maximum Gasteiger partial charge on any atom is 0.306 e. The van der Waals surface area contributed by atoms with Crippen LogP contribution < -0.4 is 4.74 Å². The molecular formula is C12H13N3O3. The fourth-order valence-corrected chi connectivity index (χ4v) is 1.64. The van der Waals surface area contributed by atoms with Crippen LogP contribution in [0.4, 0.5) is 5.69 Å². The number of methoxy groups -OCH3 is 1. The Morgan fingerprint density at radius 1 is 1.50 bits per heavy atom. The SMILES string of the molecule is COc1cccc(CCn2cc([N+](=O)[O-])cn2)c1. The minimum atomic E-state index is -0.449. The number of hydrogen-bond donors (Lipinski definition) is 0. The van der Waals surface area contributed by atoms with Gasteiger partial charge in [0.15, 0.2) is 0 Å². The molecule has 1 aromatic heterocycles. The Kier molecular flexibility index (Phi) is 3.57. The Morgan fingerprint density at radius 2 is 2.33 bits per heavy atom. The third-order valence-electron chi connectivity index (χ3n) is 2.59. The van der Waals surface area contributed by atoms with Crippen molar-refractivity contribution in [2.24, 2.45) is 0 Å². The van der Waals surface area contributed by atoms with E-state index in [0.717, 1.165) is 17.7 Å². The number of aryl methyl sites for hydroxylation is 2. The topological polar surface area (TPSA) is 70.2 Å². The predicted molar refractivity (Wildman–Crippen MR) is 65.6 cm³/mol. The largest absolute Gasteiger partial charge is 0.497 e. The monoisotopic (exact) mass is 247 g/mol. The first-order valence-corrected chi connectivity index (χ1v) is 5.49. The van der Waals surface area contributed by atoms with E-state index in [-0.39, 0.29) is 5.69 Å². The maximum atomic E-state index is 10.5. The summed E-state index contributed by atoms with van der Waals surface area (Å²) in [7, 11) is 1.62. The lowest BCUT2D eigenvalue weighted by molar-refractivity contribution is -0.385. The van der Waals surface area contributed by atoms with Crippen molar-refractivity contribution in [1.82, 2.24) is 9.78 Å². The van der Waals surface area contributed by atoms with Gasteiger partial charge in [-0.15, -0.1) is 0 Å². The second-order valence-electron chi connectivity index (χ2n) is 3.82. The van der Waals surface area contributed by atoms with Gasteiger partial charge in [-0.05, 0) is 24.1 Å². The molecule has 0 fully saturated rings. The molecule has 2 rings (SSSR count). The number of nitrogens with zero attached hydrogens (tertiary/aromatic N) is 3. The Hall–Kier alpha value is -2.37. The molecular weight excluding hydrogens is 234 g/mol. The number of benzene rings is 1. The first kappa shape index (κ1) is 12.1. The lowest BCUT2D eigenvalue weighted by Crippen LogP contribution is -2.01. The third-order valence-corrected chi connectivity index (χ3v) is 2.59. The molecule has 0 radical (unpaired) electrons. The van der Waals surface area contributed by atoms with E-state index in [1.807, 2.05) is 24.3 Å². The number of ether oxygens (including phenoxy) is 1. The summed E-state index contributed by atoms with van der Waals surface area (Å²) < 4.78 is 6.70. The molecule has 1 aromatic carbocycles. The molecule has 0 aliphatic rings. The van der Waals surface area contributed by atoms with Crippen molar-refractivity contribution in [2.45, 2.75) is 13.0 Å². The number of hydrogen-bond acceptors (Lipinski definition) is 4. The van der Waals surface area contributed by atoms with Crippen molar-refractivity contribution in [3.8, 4) is 5.75 Å². The summed E-state index contributed by atoms with van der Waals surface area (Å²) in [5, 5.41) is 14.4. The van der Waals surface area contributed by atoms with Crippen LogP contribution in [-0.2, 0) is 13.0 Å². The molecule has 6 heteroatoms. The minimum Gasteiger partial charge on any atom is -0.497 e. The van der Waals surface area contributed by atoms with Gasteiger partial charge in [-0.25, -0.2) is 0 Å². The summed E-state index contributed by atoms with van der Waals surface area (Å²) in [6.45, 7) is 0.598. The number of nitro groups is 1. The average molecular weight is 247 g/mol. The normalized spacial score (nSPS) is 10.3. The van der Waals surface area contributed by atoms with Crippen molar-refractivity contribution in [2.75, 3.05) is 7.11 Å². The van der Waals surface area contributed by atoms with Crippen molar-refractivity contribution in [3.05, 3.63) is 52.3 Å². The summed E-state index contributed by atoms with van der Waals surface area (Å²) >= 11 is 0. The Labute approximate surface area is 104 Å². The average Bonchev–Trinajstić information content (AvgIpc) is 2.85. The van der Waals surface area contributed by atoms with Gasteiger partial charge in [-0.1, -0.05) is 12.1 Å². The summed E-state index contributed by atoms with van der Waals surface area (Å²) in [6.07, 6.45) is 3.43. The van der Waals surface area contributed by atoms with Gasteiger partial charge in [-0.2, -0.15) is 5.10 Å². The molecule has 0 spiro atoms. The van der Waals surface area contributed by atoms with Gasteiger partial charge in [0.2, 0.25) is 0 Å². The van der Waals surface area contributed by atoms with Gasteiger partial charge in [0, 0.05) is 6.54 Å². The lowest BCUT2D eigenvalue weighted by Gasteiger charge is -2.04. The quantitative estimate of drug-likeness (QED) is 0.598. The standard InChI is InChI=1S/C12H13N3O3/c1-18-12-4-2-3-10(7-12)5-6-14-9-11(8-13-14)15(16)17/h2-4,7-9H,5-6H2,1H3. The highest BCUT2D eigenvalue weighted by Crippen LogP contribution is 2.14. The van der Waals surface area contributed by atoms with Crippen LogP contribution in [0.15, 0.2) is 36.7 Å². The molecule has 0 amide bonds. The summed E-state index contributed by atoms with van der Waals surface area (Å²) in [5.41, 5.74) is 1.12. The van der Waals surface area contributed by atoms with E-state index in [9.17, 15) is 10.1 Å². The van der Waals surface area contributed by atoms with Crippen LogP contribution in [0, 0.1) is 10.1 Å². The third kappa shape index (κ3) is 2.85. The van der Waals surface area contributed by atoms with Crippen LogP contribution in [-0.4, -0.2) is 21.8 Å². The fraction of sp³-hybridized carbons (Fsp3) is 0.250. The molecule has 0 bridgehead atoms. The van der Waals surface area contributed by atoms with Crippen molar-refractivity contribution in [1.29, 1.82) is 0 Å². The zero-order valence-corrected chi connectivity index (χ0v) is 9.94. The van der Waals surface area contributed by atoms with E-state index in [1.165, 1.54) is 12.4 Å². The number of aromatic nitrogens is 2. The van der Waals surface area contributed by atoms with Gasteiger partial charge in [-0.3, -0.25) is 14.8 Å². The minimum absolute atomic E-state index is 0.0145. The highest BCUT2D eigenvalue weighted by molar-refractivity contribution is 5.28. The van der Waals surface area contributed by atoms with E-state index in [0.29, 0.717) is 6.54 Å². The van der Waals surface area contributed by atoms with Crippen LogP contribution in [0.3, 0.4) is 0 Å². The Morgan fingerprint density at radius 3 is 3.00 bits per heavy atom. The molecule has 0 N–H and O–H groups in total. The van der Waals surface area contributed by atoms with Gasteiger partial charge < -0.3 is 4.74 Å². The van der Waals surface area contributed by atoms with Crippen molar-refractivity contribution < 1.29 is 9.66 Å². The first-order chi connectivity index (χ1) is 8.69. The zero-order valence-electron chi connectivity index (χ0n) is 9.94. The molecule has 0 aliphatic heterocycles. The van der Waals surface area contributed by atoms with Crippen molar-refractivity contribution in [3.63, 3.8) is 0 Å². The molecule has 0 unspecified atom stereocenters. The molecule has 0 saturated carbocycles. The molecule has 0 aliphatic carbocycles. The Balaban J connectivity index is 1.99. The van der Waals surface area contributed by atoms with Crippen LogP contribution in [0.25, 0.3) is 0 Å². The van der Waals surface area contributed by atoms with Crippen LogP contribution >= 0.6 is 0 Å². The number of rotatable bonds is 5. The molecule has 6 nitrogen and oxygen atoms in total. The Bertz CT molecular complexity index is 551. The molecule has 1 heterocycles. The van der Waals surface area contributed by atoms with Crippen LogP contribution in [0.1, 0.15) is 5.56 Å². The molecule has 94 valence electrons. The van der Waals surface area contributed by atoms with Crippen molar-refractivity contribution >= 4 is 5.69 Å². The summed E-state index contributed by atoms with van der Waals surface area (Å²) in [6, 6.07) is 7.72. The van der Waals surface area contributed by atoms with E-state index >= 15 is 0 Å². The van der Waals surface area contributed by atoms with Crippen LogP contribution in [0.2, 0.25) is 0 Å². The summed E-state index contributed by atoms with van der Waals surface area (Å²) in [4.78, 5) is 10.1. The highest BCUT2D eigenvalue weighted by Gasteiger charge is 2.08. The second-order valence-corrected chi connectivity index (χ2v) is 3.82. The van der Waals surface area contributed by atoms with Crippen LogP contribution in [0.5, 0.6) is 5.75 Å². The van der Waals surface area contributed by atoms with E-state index in [4.69, 9.17) is 4.74 Å². The van der Waals surface area contributed by atoms with Gasteiger partial charge in [0.1, 0.15) is 18.1 Å². The van der Waals surface area contributed by atoms with E-state index in [1.54, 1.807) is 11.8 Å². The smallest absolute Gasteiger partial charge is 0.306 e. The predicted octanol–water partition coefficient (Wildman–Crippen LogP) is 2.04. The molecule has 2 aromatic rings. The zero-order chi connectivity index (χ0) is 13.0. The van der Waals surface area contributed by atoms with Gasteiger partial charge >= 0.3 is 5.69 Å². The highest BCUT2D eigenvalue weighted by atomic mass is 16.6. The van der Waals surface area contributed by atoms with E-state index in [2.05, 4.69) is 5.10 Å². The van der Waals surface area contributed by atoms with Gasteiger partial charge in [0.05, 0.1) is 12.0 Å². The molecule has 18 heavy (non-hydrogen) atoms. The second kappa shape index (κ2) is 5.31. The maximum absolute atomic E-state index is 10.5. The first-order valence-electron chi connectivity index (χ1n) is 5.49. The van der Waals surface area contributed by atoms with E-state index < -0.39 is 4.92 Å². The van der Waals surface area contributed by atoms with Gasteiger partial charge in [0.25, 0.3) is 0 Å². The molecule has 0 atom stereocenters. The molecule has 0 saturated heterocycles.